The van der Waals surface area contributed by atoms with E-state index in [4.69, 9.17) is 4.74 Å². The molecule has 3 aliphatic rings. The summed E-state index contributed by atoms with van der Waals surface area (Å²) in [7, 11) is 0. The third kappa shape index (κ3) is 6.38. The highest BCUT2D eigenvalue weighted by Gasteiger charge is 2.44. The van der Waals surface area contributed by atoms with Gasteiger partial charge in [-0.3, -0.25) is 4.79 Å². The number of carbonyl (C=O) groups is 1. The van der Waals surface area contributed by atoms with Gasteiger partial charge in [-0.25, -0.2) is 0 Å². The third-order valence-electron chi connectivity index (χ3n) is 8.02. The van der Waals surface area contributed by atoms with Crippen LogP contribution in [0.2, 0.25) is 0 Å². The van der Waals surface area contributed by atoms with Crippen LogP contribution in [0, 0.1) is 5.41 Å². The Morgan fingerprint density at radius 1 is 1.08 bits per heavy atom. The van der Waals surface area contributed by atoms with Crippen LogP contribution in [-0.2, 0) is 4.74 Å². The van der Waals surface area contributed by atoms with Gasteiger partial charge < -0.3 is 29.7 Å². The normalized spacial score (nSPS) is 21.3. The van der Waals surface area contributed by atoms with Gasteiger partial charge in [-0.15, -0.1) is 11.8 Å². The molecule has 3 fully saturated rings. The Morgan fingerprint density at radius 3 is 2.50 bits per heavy atom. The van der Waals surface area contributed by atoms with Crippen LogP contribution in [0.4, 0.5) is 22.7 Å². The molecule has 2 aromatic rings. The Hall–Kier alpha value is -2.07. The Kier molecular flexibility index (Phi) is 8.67. The van der Waals surface area contributed by atoms with E-state index in [1.165, 1.54) is 42.5 Å². The van der Waals surface area contributed by atoms with Crippen LogP contribution in [0.3, 0.4) is 0 Å². The minimum atomic E-state index is -0.0900. The molecule has 0 unspecified atom stereocenters. The fraction of sp³-hybridized carbons (Fsp3) is 0.552. The minimum Gasteiger partial charge on any atom is -0.395 e. The lowest BCUT2D eigenvalue weighted by atomic mass is 9.93. The van der Waals surface area contributed by atoms with Crippen molar-refractivity contribution in [1.29, 1.82) is 0 Å². The van der Waals surface area contributed by atoms with Gasteiger partial charge in [0.05, 0.1) is 36.3 Å². The number of hydrogen-bond donors (Lipinski definition) is 3. The fourth-order valence-electron chi connectivity index (χ4n) is 5.40. The van der Waals surface area contributed by atoms with Crippen molar-refractivity contribution in [2.24, 2.45) is 5.41 Å². The smallest absolute Gasteiger partial charge is 0.257 e. The van der Waals surface area contributed by atoms with Crippen molar-refractivity contribution in [3.8, 4) is 0 Å². The average Bonchev–Trinajstić information content (AvgIpc) is 3.70. The lowest BCUT2D eigenvalue weighted by Crippen LogP contribution is -2.41. The number of nitrogens with zero attached hydrogens (tertiary/aromatic N) is 2. The van der Waals surface area contributed by atoms with Crippen molar-refractivity contribution < 1.29 is 14.6 Å². The van der Waals surface area contributed by atoms with Gasteiger partial charge in [0, 0.05) is 47.7 Å². The van der Waals surface area contributed by atoms with Crippen LogP contribution < -0.4 is 19.8 Å². The maximum atomic E-state index is 13.7. The van der Waals surface area contributed by atoms with Crippen LogP contribution in [0.25, 0.3) is 0 Å². The maximum Gasteiger partial charge on any atom is 0.257 e. The van der Waals surface area contributed by atoms with Gasteiger partial charge in [0.25, 0.3) is 5.91 Å². The largest absolute Gasteiger partial charge is 0.395 e. The van der Waals surface area contributed by atoms with Crippen molar-refractivity contribution in [2.75, 3.05) is 65.5 Å². The van der Waals surface area contributed by atoms with E-state index >= 15 is 0 Å². The second-order valence-electron chi connectivity index (χ2n) is 10.9. The van der Waals surface area contributed by atoms with Crippen molar-refractivity contribution >= 4 is 52.4 Å². The molecule has 0 aromatic heterocycles. The second kappa shape index (κ2) is 12.0. The van der Waals surface area contributed by atoms with Crippen molar-refractivity contribution in [1.82, 2.24) is 0 Å². The molecule has 1 aliphatic carbocycles. The number of morpholine rings is 1. The Balaban J connectivity index is 1.37. The highest BCUT2D eigenvalue weighted by Crippen LogP contribution is 2.54. The van der Waals surface area contributed by atoms with Crippen LogP contribution in [-0.4, -0.2) is 68.0 Å². The number of carbonyl (C=O) groups excluding carboxylic acids is 1. The number of thioether (sulfide) groups is 1. The average molecular weight is 557 g/mol. The molecule has 38 heavy (non-hydrogen) atoms. The molecule has 1 spiro atoms. The Bertz CT molecular complexity index is 1130. The first-order valence-electron chi connectivity index (χ1n) is 13.7. The molecule has 206 valence electrons. The summed E-state index contributed by atoms with van der Waals surface area (Å²) in [6, 6.07) is 12.2. The van der Waals surface area contributed by atoms with Gasteiger partial charge in [-0.2, -0.15) is 0 Å². The van der Waals surface area contributed by atoms with E-state index in [1.807, 2.05) is 25.1 Å². The van der Waals surface area contributed by atoms with Crippen LogP contribution >= 0.6 is 23.7 Å². The van der Waals surface area contributed by atoms with Crippen LogP contribution in [0.5, 0.6) is 0 Å². The van der Waals surface area contributed by atoms with E-state index in [0.29, 0.717) is 17.6 Å². The van der Waals surface area contributed by atoms with Gasteiger partial charge >= 0.3 is 0 Å². The van der Waals surface area contributed by atoms with E-state index in [-0.39, 0.29) is 23.9 Å². The quantitative estimate of drug-likeness (QED) is 0.268. The number of aliphatic hydroxyl groups is 1. The highest BCUT2D eigenvalue weighted by molar-refractivity contribution is 8.01. The van der Waals surface area contributed by atoms with E-state index in [2.05, 4.69) is 51.2 Å². The molecule has 2 aliphatic heterocycles. The number of hydrogen-bond acceptors (Lipinski definition) is 8. The van der Waals surface area contributed by atoms with Crippen molar-refractivity contribution in [3.05, 3.63) is 42.0 Å². The summed E-state index contributed by atoms with van der Waals surface area (Å²) in [5.74, 6) is -0.0900. The molecule has 9 heteroatoms. The number of aliphatic hydroxyl groups excluding tert-OH is 1. The predicted molar refractivity (Wildman–Crippen MR) is 161 cm³/mol. The molecule has 1 saturated carbocycles. The molecule has 3 N–H and O–H groups in total. The van der Waals surface area contributed by atoms with Crippen molar-refractivity contribution in [2.45, 2.75) is 55.8 Å². The van der Waals surface area contributed by atoms with Gasteiger partial charge in [0.15, 0.2) is 0 Å². The number of nitrogens with one attached hydrogen (secondary N) is 2. The Morgan fingerprint density at radius 2 is 1.82 bits per heavy atom. The maximum absolute atomic E-state index is 13.7. The molecule has 7 nitrogen and oxygen atoms in total. The second-order valence-corrected chi connectivity index (χ2v) is 13.0. The number of rotatable bonds is 9. The lowest BCUT2D eigenvalue weighted by molar-refractivity contribution is 0.0530. The summed E-state index contributed by atoms with van der Waals surface area (Å²) in [4.78, 5) is 19.6. The molecular weight excluding hydrogens is 516 g/mol. The number of amides is 1. The SMILES string of the molecule is CSc1ccc(NC(=O)c2ccc(NS[C@H](C)CO)cc2N2CCC3(CC2)CC3)cc1N1CCO[C@H](C)C1. The summed E-state index contributed by atoms with van der Waals surface area (Å²) in [5, 5.41) is 12.7. The summed E-state index contributed by atoms with van der Waals surface area (Å²) in [6.07, 6.45) is 7.36. The number of anilines is 4. The van der Waals surface area contributed by atoms with Crippen LogP contribution in [0.15, 0.2) is 41.3 Å². The summed E-state index contributed by atoms with van der Waals surface area (Å²) >= 11 is 3.22. The Labute approximate surface area is 235 Å². The zero-order valence-corrected chi connectivity index (χ0v) is 24.3. The molecule has 0 bridgehead atoms. The minimum absolute atomic E-state index is 0.0824. The zero-order valence-electron chi connectivity index (χ0n) is 22.7. The monoisotopic (exact) mass is 556 g/mol. The fourth-order valence-corrected chi connectivity index (χ4v) is 6.54. The molecule has 0 radical (unpaired) electrons. The van der Waals surface area contributed by atoms with E-state index in [1.54, 1.807) is 11.8 Å². The number of piperidine rings is 1. The molecule has 1 amide bonds. The first kappa shape index (κ1) is 27.5. The molecule has 2 heterocycles. The predicted octanol–water partition coefficient (Wildman–Crippen LogP) is 5.71. The molecule has 5 rings (SSSR count). The molecular formula is C29H40N4O3S2. The zero-order chi connectivity index (χ0) is 26.7. The van der Waals surface area contributed by atoms with Gasteiger partial charge in [0.2, 0.25) is 0 Å². The summed E-state index contributed by atoms with van der Waals surface area (Å²) in [6.45, 7) is 8.54. The van der Waals surface area contributed by atoms with E-state index in [9.17, 15) is 9.90 Å². The molecule has 2 saturated heterocycles. The molecule has 2 aromatic carbocycles. The van der Waals surface area contributed by atoms with Gasteiger partial charge in [-0.05, 0) is 99.5 Å². The van der Waals surface area contributed by atoms with Crippen molar-refractivity contribution in [3.63, 3.8) is 0 Å². The third-order valence-corrected chi connectivity index (χ3v) is 9.71. The first-order chi connectivity index (χ1) is 18.4. The van der Waals surface area contributed by atoms with E-state index < -0.39 is 0 Å². The number of ether oxygens (including phenoxy) is 1. The number of benzene rings is 2. The lowest BCUT2D eigenvalue weighted by Gasteiger charge is -2.35. The van der Waals surface area contributed by atoms with Gasteiger partial charge in [-0.1, -0.05) is 0 Å². The standard InChI is InChI=1S/C29H40N4O3S2/c1-20-18-33(14-15-36-20)26-16-22(5-7-27(26)37-3)30-28(35)24-6-4-23(31-38-21(2)19-34)17-25(24)32-12-10-29(8-9-29)11-13-32/h4-7,16-17,20-21,31,34H,8-15,18-19H2,1-3H3,(H,30,35)/t20-,21-/m1/s1. The first-order valence-corrected chi connectivity index (χ1v) is 15.8. The summed E-state index contributed by atoms with van der Waals surface area (Å²) < 4.78 is 9.11. The highest BCUT2D eigenvalue weighted by atomic mass is 32.2. The summed E-state index contributed by atoms with van der Waals surface area (Å²) in [5.41, 5.74) is 5.12. The van der Waals surface area contributed by atoms with Gasteiger partial charge in [0.1, 0.15) is 0 Å². The topological polar surface area (TPSA) is 77.1 Å². The molecule has 2 atom stereocenters. The van der Waals surface area contributed by atoms with E-state index in [0.717, 1.165) is 48.9 Å². The van der Waals surface area contributed by atoms with Crippen LogP contribution in [0.1, 0.15) is 49.9 Å².